The molecule has 0 atom stereocenters. The van der Waals surface area contributed by atoms with E-state index in [9.17, 15) is 13.6 Å². The molecule has 0 aliphatic carbocycles. The first-order chi connectivity index (χ1) is 13.4. The van der Waals surface area contributed by atoms with E-state index in [1.165, 1.54) is 30.5 Å². The first-order valence-corrected chi connectivity index (χ1v) is 8.10. The van der Waals surface area contributed by atoms with E-state index in [1.54, 1.807) is 6.92 Å². The number of aliphatic imine (C=N–C) groups is 2. The zero-order chi connectivity index (χ0) is 20.5. The summed E-state index contributed by atoms with van der Waals surface area (Å²) in [7, 11) is 0. The van der Waals surface area contributed by atoms with Gasteiger partial charge in [-0.2, -0.15) is 0 Å². The fraction of sp³-hybridized carbons (Fsp3) is 0.105. The molecular weight excluding hydrogens is 368 g/mol. The number of amidine groups is 2. The number of hydrogen-bond acceptors (Lipinski definition) is 5. The minimum atomic E-state index is -0.696. The number of carbonyl (C=O) groups excluding carboxylic acids is 1. The number of aromatic nitrogens is 2. The summed E-state index contributed by atoms with van der Waals surface area (Å²) in [5, 5.41) is 0. The van der Waals surface area contributed by atoms with Gasteiger partial charge < -0.3 is 10.5 Å². The summed E-state index contributed by atoms with van der Waals surface area (Å²) in [6, 6.07) is 3.80. The van der Waals surface area contributed by atoms with Gasteiger partial charge in [0, 0.05) is 6.20 Å². The van der Waals surface area contributed by atoms with Crippen LogP contribution in [0.15, 0.2) is 71.1 Å². The van der Waals surface area contributed by atoms with Crippen molar-refractivity contribution >= 4 is 23.3 Å². The Bertz CT molecular complexity index is 953. The number of nitrogens with two attached hydrogens (primary N) is 1. The van der Waals surface area contributed by atoms with Crippen molar-refractivity contribution in [2.45, 2.75) is 6.92 Å². The summed E-state index contributed by atoms with van der Waals surface area (Å²) in [6.45, 7) is 5.35. The van der Waals surface area contributed by atoms with Gasteiger partial charge in [0.15, 0.2) is 17.5 Å². The van der Waals surface area contributed by atoms with E-state index < -0.39 is 17.6 Å². The highest BCUT2D eigenvalue weighted by atomic mass is 19.1. The van der Waals surface area contributed by atoms with E-state index in [4.69, 9.17) is 10.5 Å². The molecule has 0 radical (unpaired) electrons. The van der Waals surface area contributed by atoms with Crippen molar-refractivity contribution in [1.82, 2.24) is 9.97 Å². The maximum Gasteiger partial charge on any atom is 0.338 e. The average Bonchev–Trinajstić information content (AvgIpc) is 2.68. The number of carbonyl (C=O) groups is 1. The number of pyridine rings is 2. The Labute approximate surface area is 160 Å². The molecule has 0 aliphatic rings. The highest BCUT2D eigenvalue weighted by Crippen LogP contribution is 2.17. The average molecular weight is 385 g/mol. The van der Waals surface area contributed by atoms with E-state index in [2.05, 4.69) is 26.5 Å². The van der Waals surface area contributed by atoms with E-state index in [0.29, 0.717) is 0 Å². The largest absolute Gasteiger partial charge is 0.462 e. The van der Waals surface area contributed by atoms with Crippen LogP contribution < -0.4 is 5.73 Å². The van der Waals surface area contributed by atoms with Crippen LogP contribution in [0.25, 0.3) is 0 Å². The molecule has 7 nitrogen and oxygen atoms in total. The van der Waals surface area contributed by atoms with E-state index in [-0.39, 0.29) is 35.2 Å². The number of halogens is 2. The SMILES string of the molecule is C=C/C(=C/C(=Nc1ccncc1F)N=C(N)c1ccc(F)cn1)C(=O)OCC. The molecule has 0 spiro atoms. The maximum atomic E-state index is 13.9. The maximum absolute atomic E-state index is 13.9. The van der Waals surface area contributed by atoms with Gasteiger partial charge in [0.05, 0.1) is 24.6 Å². The molecule has 9 heteroatoms. The van der Waals surface area contributed by atoms with Crippen LogP contribution >= 0.6 is 0 Å². The summed E-state index contributed by atoms with van der Waals surface area (Å²) >= 11 is 0. The smallest absolute Gasteiger partial charge is 0.338 e. The lowest BCUT2D eigenvalue weighted by Gasteiger charge is -2.05. The number of nitrogens with zero attached hydrogens (tertiary/aromatic N) is 4. The summed E-state index contributed by atoms with van der Waals surface area (Å²) in [4.78, 5) is 27.6. The van der Waals surface area contributed by atoms with Gasteiger partial charge in [0.1, 0.15) is 17.2 Å². The van der Waals surface area contributed by atoms with Gasteiger partial charge in [-0.25, -0.2) is 28.5 Å². The number of rotatable bonds is 6. The Kier molecular flexibility index (Phi) is 7.21. The molecule has 144 valence electrons. The molecule has 0 saturated heterocycles. The van der Waals surface area contributed by atoms with Crippen LogP contribution in [0.4, 0.5) is 14.5 Å². The summed E-state index contributed by atoms with van der Waals surface area (Å²) in [6.07, 6.45) is 5.78. The monoisotopic (exact) mass is 385 g/mol. The van der Waals surface area contributed by atoms with Crippen LogP contribution in [0, 0.1) is 11.6 Å². The molecule has 0 aliphatic heterocycles. The highest BCUT2D eigenvalue weighted by molar-refractivity contribution is 6.11. The first-order valence-electron chi connectivity index (χ1n) is 8.10. The lowest BCUT2D eigenvalue weighted by Crippen LogP contribution is -2.17. The predicted octanol–water partition coefficient (Wildman–Crippen LogP) is 2.87. The Morgan fingerprint density at radius 1 is 1.32 bits per heavy atom. The Balaban J connectivity index is 2.54. The quantitative estimate of drug-likeness (QED) is 0.271. The van der Waals surface area contributed by atoms with Gasteiger partial charge in [-0.3, -0.25) is 4.98 Å². The summed E-state index contributed by atoms with van der Waals surface area (Å²) in [5.74, 6) is -2.12. The van der Waals surface area contributed by atoms with Gasteiger partial charge in [0.2, 0.25) is 0 Å². The minimum absolute atomic E-state index is 0.0404. The van der Waals surface area contributed by atoms with Crippen molar-refractivity contribution in [3.63, 3.8) is 0 Å². The Morgan fingerprint density at radius 3 is 2.71 bits per heavy atom. The molecule has 2 aromatic rings. The second-order valence-electron chi connectivity index (χ2n) is 5.18. The standard InChI is InChI=1S/C19H17F2N5O2/c1-3-12(19(27)28-4-2)9-17(25-15-7-8-23-11-14(15)21)26-18(22)16-6-5-13(20)10-24-16/h3,5-11H,1,4H2,2H3,(H2,22,23,25,26)/b12-9-. The zero-order valence-corrected chi connectivity index (χ0v) is 15.0. The highest BCUT2D eigenvalue weighted by Gasteiger charge is 2.10. The van der Waals surface area contributed by atoms with Crippen molar-refractivity contribution in [1.29, 1.82) is 0 Å². The van der Waals surface area contributed by atoms with Crippen LogP contribution in [0.1, 0.15) is 12.6 Å². The number of ether oxygens (including phenoxy) is 1. The zero-order valence-electron chi connectivity index (χ0n) is 15.0. The molecule has 0 bridgehead atoms. The van der Waals surface area contributed by atoms with Crippen molar-refractivity contribution in [2.75, 3.05) is 6.61 Å². The third-order valence-corrected chi connectivity index (χ3v) is 3.23. The third kappa shape index (κ3) is 5.63. The normalized spacial score (nSPS) is 12.6. The number of hydrogen-bond donors (Lipinski definition) is 1. The van der Waals surface area contributed by atoms with Gasteiger partial charge in [-0.15, -0.1) is 0 Å². The summed E-state index contributed by atoms with van der Waals surface area (Å²) < 4.78 is 31.9. The van der Waals surface area contributed by atoms with Crippen molar-refractivity contribution in [2.24, 2.45) is 15.7 Å². The molecule has 0 fully saturated rings. The molecule has 28 heavy (non-hydrogen) atoms. The van der Waals surface area contributed by atoms with E-state index >= 15 is 0 Å². The Hall–Kier alpha value is -3.75. The lowest BCUT2D eigenvalue weighted by atomic mass is 10.2. The minimum Gasteiger partial charge on any atom is -0.462 e. The molecule has 2 aromatic heterocycles. The molecule has 0 saturated carbocycles. The van der Waals surface area contributed by atoms with Crippen molar-refractivity contribution < 1.29 is 18.3 Å². The Morgan fingerprint density at radius 2 is 2.11 bits per heavy atom. The second kappa shape index (κ2) is 9.81. The van der Waals surface area contributed by atoms with Gasteiger partial charge in [0.25, 0.3) is 0 Å². The van der Waals surface area contributed by atoms with E-state index in [1.807, 2.05) is 0 Å². The van der Waals surface area contributed by atoms with Crippen LogP contribution in [-0.2, 0) is 9.53 Å². The molecule has 2 heterocycles. The van der Waals surface area contributed by atoms with Gasteiger partial charge in [-0.1, -0.05) is 12.7 Å². The van der Waals surface area contributed by atoms with Crippen LogP contribution in [-0.4, -0.2) is 34.2 Å². The predicted molar refractivity (Wildman–Crippen MR) is 101 cm³/mol. The topological polar surface area (TPSA) is 103 Å². The third-order valence-electron chi connectivity index (χ3n) is 3.23. The molecule has 0 aromatic carbocycles. The number of esters is 1. The van der Waals surface area contributed by atoms with Crippen molar-refractivity contribution in [3.8, 4) is 0 Å². The molecule has 0 unspecified atom stereocenters. The lowest BCUT2D eigenvalue weighted by molar-refractivity contribution is -0.138. The van der Waals surface area contributed by atoms with Crippen LogP contribution in [0.2, 0.25) is 0 Å². The fourth-order valence-corrected chi connectivity index (χ4v) is 1.93. The molecule has 0 amide bonds. The van der Waals surface area contributed by atoms with E-state index in [0.717, 1.165) is 18.5 Å². The van der Waals surface area contributed by atoms with Gasteiger partial charge >= 0.3 is 5.97 Å². The molecular formula is C19H17F2N5O2. The summed E-state index contributed by atoms with van der Waals surface area (Å²) in [5.41, 5.74) is 6.04. The second-order valence-corrected chi connectivity index (χ2v) is 5.18. The van der Waals surface area contributed by atoms with Crippen LogP contribution in [0.3, 0.4) is 0 Å². The van der Waals surface area contributed by atoms with Crippen LogP contribution in [0.5, 0.6) is 0 Å². The first kappa shape index (κ1) is 20.6. The van der Waals surface area contributed by atoms with Gasteiger partial charge in [-0.05, 0) is 31.2 Å². The fourth-order valence-electron chi connectivity index (χ4n) is 1.93. The molecule has 2 rings (SSSR count). The van der Waals surface area contributed by atoms with Crippen molar-refractivity contribution in [3.05, 3.63) is 78.4 Å². The molecule has 2 N–H and O–H groups in total.